The Bertz CT molecular complexity index is 1120. The van der Waals surface area contributed by atoms with Gasteiger partial charge in [0.05, 0.1) is 17.7 Å². The van der Waals surface area contributed by atoms with Gasteiger partial charge in [-0.3, -0.25) is 10.1 Å². The van der Waals surface area contributed by atoms with Crippen molar-refractivity contribution in [3.8, 4) is 17.0 Å². The van der Waals surface area contributed by atoms with Crippen LogP contribution in [-0.4, -0.2) is 33.0 Å². The number of amides is 1. The van der Waals surface area contributed by atoms with Crippen LogP contribution in [0, 0.1) is 0 Å². The highest BCUT2D eigenvalue weighted by Gasteiger charge is 2.16. The third kappa shape index (κ3) is 5.08. The van der Waals surface area contributed by atoms with Gasteiger partial charge in [0.15, 0.2) is 5.13 Å². The first-order valence-corrected chi connectivity index (χ1v) is 10.9. The maximum atomic E-state index is 12.5. The average Bonchev–Trinajstić information content (AvgIpc) is 3.21. The number of methoxy groups -OCH3 is 1. The first-order chi connectivity index (χ1) is 13.9. The number of thiazole rings is 1. The molecular weight excluding hydrogens is 410 g/mol. The highest BCUT2D eigenvalue weighted by molar-refractivity contribution is 7.89. The van der Waals surface area contributed by atoms with Crippen LogP contribution >= 0.6 is 11.3 Å². The fraction of sp³-hybridized carbons (Fsp3) is 0.100. The molecule has 29 heavy (non-hydrogen) atoms. The zero-order valence-corrected chi connectivity index (χ0v) is 17.2. The molecule has 1 heterocycles. The van der Waals surface area contributed by atoms with Crippen molar-refractivity contribution in [2.45, 2.75) is 4.90 Å². The van der Waals surface area contributed by atoms with E-state index in [0.29, 0.717) is 5.13 Å². The second kappa shape index (κ2) is 8.99. The molecule has 1 aromatic heterocycles. The predicted octanol–water partition coefficient (Wildman–Crippen LogP) is 3.54. The monoisotopic (exact) mass is 429 g/mol. The quantitative estimate of drug-likeness (QED) is 0.534. The maximum absolute atomic E-state index is 12.5. The van der Waals surface area contributed by atoms with Crippen molar-refractivity contribution in [3.05, 3.63) is 72.1 Å². The summed E-state index contributed by atoms with van der Waals surface area (Å²) < 4.78 is 32.0. The summed E-state index contributed by atoms with van der Waals surface area (Å²) in [6.07, 6.45) is 1.44. The third-order valence-electron chi connectivity index (χ3n) is 3.93. The summed E-state index contributed by atoms with van der Waals surface area (Å²) >= 11 is 1.28. The lowest BCUT2D eigenvalue weighted by Crippen LogP contribution is -2.24. The van der Waals surface area contributed by atoms with E-state index in [1.54, 1.807) is 13.2 Å². The Hall–Kier alpha value is -3.01. The molecular formula is C20H19N3O4S2. The van der Waals surface area contributed by atoms with Crippen LogP contribution in [0.3, 0.4) is 0 Å². The molecule has 0 saturated carbocycles. The molecule has 7 nitrogen and oxygen atoms in total. The molecule has 0 aliphatic rings. The summed E-state index contributed by atoms with van der Waals surface area (Å²) in [5.41, 5.74) is 1.83. The van der Waals surface area contributed by atoms with Gasteiger partial charge in [-0.15, -0.1) is 17.9 Å². The minimum atomic E-state index is -3.71. The third-order valence-corrected chi connectivity index (χ3v) is 6.11. The van der Waals surface area contributed by atoms with Gasteiger partial charge in [0.1, 0.15) is 5.75 Å². The molecule has 0 bridgehead atoms. The molecule has 3 aromatic rings. The van der Waals surface area contributed by atoms with Gasteiger partial charge in [0.2, 0.25) is 10.0 Å². The van der Waals surface area contributed by atoms with Crippen LogP contribution in [0.1, 0.15) is 10.4 Å². The van der Waals surface area contributed by atoms with Gasteiger partial charge >= 0.3 is 0 Å². The van der Waals surface area contributed by atoms with E-state index >= 15 is 0 Å². The molecule has 0 aliphatic carbocycles. The van der Waals surface area contributed by atoms with Gasteiger partial charge in [0, 0.05) is 23.1 Å². The average molecular weight is 430 g/mol. The van der Waals surface area contributed by atoms with Crippen LogP contribution in [0.5, 0.6) is 5.75 Å². The van der Waals surface area contributed by atoms with Crippen LogP contribution < -0.4 is 14.8 Å². The highest BCUT2D eigenvalue weighted by atomic mass is 32.2. The van der Waals surface area contributed by atoms with Crippen LogP contribution in [0.4, 0.5) is 5.13 Å². The Morgan fingerprint density at radius 2 is 2.00 bits per heavy atom. The van der Waals surface area contributed by atoms with Crippen molar-refractivity contribution in [2.75, 3.05) is 19.0 Å². The molecule has 150 valence electrons. The number of sulfonamides is 1. The molecule has 0 saturated heterocycles. The number of hydrogen-bond acceptors (Lipinski definition) is 6. The summed E-state index contributed by atoms with van der Waals surface area (Å²) in [5.74, 6) is 0.302. The lowest BCUT2D eigenvalue weighted by Gasteiger charge is -2.07. The van der Waals surface area contributed by atoms with Gasteiger partial charge in [0.25, 0.3) is 5.91 Å². The molecule has 3 rings (SSSR count). The van der Waals surface area contributed by atoms with Crippen LogP contribution in [0.15, 0.2) is 71.5 Å². The second-order valence-electron chi connectivity index (χ2n) is 5.89. The van der Waals surface area contributed by atoms with Crippen molar-refractivity contribution >= 4 is 32.4 Å². The van der Waals surface area contributed by atoms with Gasteiger partial charge in [-0.1, -0.05) is 12.1 Å². The maximum Gasteiger partial charge on any atom is 0.257 e. The molecule has 2 N–H and O–H groups in total. The molecule has 0 radical (unpaired) electrons. The van der Waals surface area contributed by atoms with Crippen molar-refractivity contribution in [1.82, 2.24) is 9.71 Å². The molecule has 2 aromatic carbocycles. The lowest BCUT2D eigenvalue weighted by molar-refractivity contribution is 0.102. The normalized spacial score (nSPS) is 11.1. The number of carbonyl (C=O) groups is 1. The Kier molecular flexibility index (Phi) is 6.42. The topological polar surface area (TPSA) is 97.4 Å². The van der Waals surface area contributed by atoms with Crippen LogP contribution in [0.2, 0.25) is 0 Å². The van der Waals surface area contributed by atoms with E-state index in [9.17, 15) is 13.2 Å². The fourth-order valence-electron chi connectivity index (χ4n) is 2.45. The summed E-state index contributed by atoms with van der Waals surface area (Å²) in [6.45, 7) is 3.58. The van der Waals surface area contributed by atoms with Crippen molar-refractivity contribution in [3.63, 3.8) is 0 Å². The number of anilines is 1. The van der Waals surface area contributed by atoms with E-state index in [0.717, 1.165) is 17.0 Å². The Labute approximate surface area is 173 Å². The summed E-state index contributed by atoms with van der Waals surface area (Å²) in [5, 5.41) is 4.95. The van der Waals surface area contributed by atoms with Crippen molar-refractivity contribution in [2.24, 2.45) is 0 Å². The molecule has 0 spiro atoms. The van der Waals surface area contributed by atoms with E-state index < -0.39 is 15.9 Å². The number of hydrogen-bond donors (Lipinski definition) is 2. The van der Waals surface area contributed by atoms with E-state index in [2.05, 4.69) is 21.6 Å². The SMILES string of the molecule is C=CCNS(=O)(=O)c1cccc(C(=O)Nc2nc(-c3ccc(OC)cc3)cs2)c1. The summed E-state index contributed by atoms with van der Waals surface area (Å²) in [7, 11) is -2.12. The minimum absolute atomic E-state index is 0.00469. The van der Waals surface area contributed by atoms with Gasteiger partial charge in [-0.25, -0.2) is 18.1 Å². The number of nitrogens with one attached hydrogen (secondary N) is 2. The van der Waals surface area contributed by atoms with Gasteiger partial charge in [-0.2, -0.15) is 0 Å². The second-order valence-corrected chi connectivity index (χ2v) is 8.51. The molecule has 0 atom stereocenters. The van der Waals surface area contributed by atoms with E-state index in [-0.39, 0.29) is 17.0 Å². The summed E-state index contributed by atoms with van der Waals surface area (Å²) in [6, 6.07) is 13.2. The largest absolute Gasteiger partial charge is 0.497 e. The van der Waals surface area contributed by atoms with E-state index in [4.69, 9.17) is 4.74 Å². The van der Waals surface area contributed by atoms with E-state index in [1.165, 1.54) is 35.6 Å². The van der Waals surface area contributed by atoms with Gasteiger partial charge in [-0.05, 0) is 42.5 Å². The van der Waals surface area contributed by atoms with Crippen LogP contribution in [0.25, 0.3) is 11.3 Å². The standard InChI is InChI=1S/C20H19N3O4S2/c1-3-11-21-29(25,26)17-6-4-5-15(12-17)19(24)23-20-22-18(13-28-20)14-7-9-16(27-2)10-8-14/h3-10,12-13,21H,1,11H2,2H3,(H,22,23,24). The molecule has 0 fully saturated rings. The molecule has 1 amide bonds. The Morgan fingerprint density at radius 3 is 2.69 bits per heavy atom. The number of carbonyl (C=O) groups excluding carboxylic acids is 1. The first kappa shape index (κ1) is 20.7. The summed E-state index contributed by atoms with van der Waals surface area (Å²) in [4.78, 5) is 17.0. The van der Waals surface area contributed by atoms with Crippen LogP contribution in [-0.2, 0) is 10.0 Å². The number of benzene rings is 2. The zero-order valence-electron chi connectivity index (χ0n) is 15.6. The van der Waals surface area contributed by atoms with Crippen molar-refractivity contribution in [1.29, 1.82) is 0 Å². The minimum Gasteiger partial charge on any atom is -0.497 e. The number of rotatable bonds is 8. The Balaban J connectivity index is 1.74. The fourth-order valence-corrected chi connectivity index (χ4v) is 4.21. The molecule has 9 heteroatoms. The zero-order chi connectivity index (χ0) is 20.9. The lowest BCUT2D eigenvalue weighted by atomic mass is 10.2. The molecule has 0 aliphatic heterocycles. The number of aromatic nitrogens is 1. The predicted molar refractivity (Wildman–Crippen MR) is 114 cm³/mol. The van der Waals surface area contributed by atoms with Crippen molar-refractivity contribution < 1.29 is 17.9 Å². The first-order valence-electron chi connectivity index (χ1n) is 8.55. The Morgan fingerprint density at radius 1 is 1.24 bits per heavy atom. The highest BCUT2D eigenvalue weighted by Crippen LogP contribution is 2.27. The molecule has 0 unspecified atom stereocenters. The van der Waals surface area contributed by atoms with Gasteiger partial charge < -0.3 is 4.74 Å². The number of nitrogens with zero attached hydrogens (tertiary/aromatic N) is 1. The van der Waals surface area contributed by atoms with E-state index in [1.807, 2.05) is 29.6 Å². The number of ether oxygens (including phenoxy) is 1. The smallest absolute Gasteiger partial charge is 0.257 e.